The van der Waals surface area contributed by atoms with Gasteiger partial charge in [-0.05, 0) is 95.8 Å². The van der Waals surface area contributed by atoms with Crippen molar-refractivity contribution in [3.63, 3.8) is 0 Å². The van der Waals surface area contributed by atoms with Crippen molar-refractivity contribution in [2.45, 2.75) is 59.8 Å². The summed E-state index contributed by atoms with van der Waals surface area (Å²) < 4.78 is 32.1. The van der Waals surface area contributed by atoms with Gasteiger partial charge in [-0.2, -0.15) is 0 Å². The summed E-state index contributed by atoms with van der Waals surface area (Å²) in [6.07, 6.45) is 1.68. The molecule has 0 fully saturated rings. The zero-order valence-corrected chi connectivity index (χ0v) is 31.3. The van der Waals surface area contributed by atoms with E-state index in [4.69, 9.17) is 23.4 Å². The molecule has 0 spiro atoms. The topological polar surface area (TPSA) is 56.5 Å². The first-order valence-corrected chi connectivity index (χ1v) is 18.9. The van der Waals surface area contributed by atoms with Crippen LogP contribution in [0.5, 0.6) is 23.0 Å². The highest BCUT2D eigenvalue weighted by atomic mass is 16.5. The Balaban J connectivity index is 1.30. The van der Waals surface area contributed by atoms with Crippen LogP contribution >= 0.6 is 0 Å². The fourth-order valence-corrected chi connectivity index (χ4v) is 8.79. The Kier molecular flexibility index (Phi) is 7.14. The smallest absolute Gasteiger partial charge is 0.257 e. The van der Waals surface area contributed by atoms with Gasteiger partial charge in [0.1, 0.15) is 5.58 Å². The molecular formula is C45H43BN2O5. The average Bonchev–Trinajstić information content (AvgIpc) is 3.24. The van der Waals surface area contributed by atoms with Crippen LogP contribution in [0.3, 0.4) is 0 Å². The van der Waals surface area contributed by atoms with Crippen molar-refractivity contribution in [2.24, 2.45) is 0 Å². The van der Waals surface area contributed by atoms with Gasteiger partial charge < -0.3 is 28.3 Å². The second-order valence-corrected chi connectivity index (χ2v) is 15.9. The third-order valence-corrected chi connectivity index (χ3v) is 11.2. The van der Waals surface area contributed by atoms with Crippen LogP contribution in [0.4, 0.5) is 34.3 Å². The van der Waals surface area contributed by atoms with Crippen LogP contribution in [0.25, 0.3) is 11.0 Å². The van der Waals surface area contributed by atoms with Gasteiger partial charge in [0.15, 0.2) is 23.0 Å². The molecule has 0 N–H and O–H groups in total. The van der Waals surface area contributed by atoms with E-state index in [1.165, 1.54) is 22.2 Å². The Labute approximate surface area is 311 Å². The van der Waals surface area contributed by atoms with Crippen molar-refractivity contribution >= 4 is 68.4 Å². The van der Waals surface area contributed by atoms with Gasteiger partial charge in [0.2, 0.25) is 5.88 Å². The number of fused-ring (bicyclic) bond motifs is 8. The summed E-state index contributed by atoms with van der Waals surface area (Å²) in [5.74, 6) is 3.93. The summed E-state index contributed by atoms with van der Waals surface area (Å²) in [4.78, 5) is 4.78. The molecule has 10 rings (SSSR count). The van der Waals surface area contributed by atoms with Crippen LogP contribution in [-0.4, -0.2) is 33.1 Å². The monoisotopic (exact) mass is 702 g/mol. The fraction of sp³-hybridized carbons (Fsp3) is 0.289. The SMILES string of the molecule is Cc1cc2c3c(c1)N(c1c(C)cc(C(C)(C)C)cc1C)c1oc4ccccc4c1B3c1cc3c(cc1N2c1ccc2c(c1)OCCCO2)OCCCO3. The van der Waals surface area contributed by atoms with Crippen molar-refractivity contribution in [2.75, 3.05) is 36.2 Å². The quantitative estimate of drug-likeness (QED) is 0.167. The van der Waals surface area contributed by atoms with E-state index in [9.17, 15) is 0 Å². The maximum Gasteiger partial charge on any atom is 0.257 e. The minimum atomic E-state index is -0.131. The predicted molar refractivity (Wildman–Crippen MR) is 214 cm³/mol. The molecule has 6 aromatic rings. The Morgan fingerprint density at radius 2 is 1.23 bits per heavy atom. The molecule has 0 unspecified atom stereocenters. The lowest BCUT2D eigenvalue weighted by Crippen LogP contribution is -2.61. The lowest BCUT2D eigenvalue weighted by Gasteiger charge is -2.43. The van der Waals surface area contributed by atoms with Gasteiger partial charge in [0.25, 0.3) is 6.71 Å². The van der Waals surface area contributed by atoms with Gasteiger partial charge in [-0.3, -0.25) is 4.90 Å². The van der Waals surface area contributed by atoms with Crippen LogP contribution in [0.15, 0.2) is 83.3 Å². The number of nitrogens with zero attached hydrogens (tertiary/aromatic N) is 2. The maximum absolute atomic E-state index is 7.02. The molecule has 4 aliphatic rings. The van der Waals surface area contributed by atoms with Crippen LogP contribution in [0, 0.1) is 20.8 Å². The van der Waals surface area contributed by atoms with E-state index in [-0.39, 0.29) is 12.1 Å². The van der Waals surface area contributed by atoms with Gasteiger partial charge in [-0.25, -0.2) is 0 Å². The molecule has 0 saturated heterocycles. The molecule has 4 aliphatic heterocycles. The highest BCUT2D eigenvalue weighted by Gasteiger charge is 2.47. The third-order valence-electron chi connectivity index (χ3n) is 11.2. The van der Waals surface area contributed by atoms with Gasteiger partial charge in [-0.1, -0.05) is 51.1 Å². The van der Waals surface area contributed by atoms with Crippen LogP contribution in [0.1, 0.15) is 55.9 Å². The lowest BCUT2D eigenvalue weighted by molar-refractivity contribution is 0.296. The first-order chi connectivity index (χ1) is 25.7. The molecule has 0 amide bonds. The zero-order valence-electron chi connectivity index (χ0n) is 31.3. The Morgan fingerprint density at radius 1 is 0.604 bits per heavy atom. The Bertz CT molecular complexity index is 2460. The van der Waals surface area contributed by atoms with E-state index >= 15 is 0 Å². The number of anilines is 6. The summed E-state index contributed by atoms with van der Waals surface area (Å²) in [5, 5.41) is 1.11. The lowest BCUT2D eigenvalue weighted by atomic mass is 9.33. The number of furan rings is 1. The molecule has 5 heterocycles. The molecule has 0 saturated carbocycles. The fourth-order valence-electron chi connectivity index (χ4n) is 8.79. The van der Waals surface area contributed by atoms with Crippen molar-refractivity contribution in [1.29, 1.82) is 0 Å². The Morgan fingerprint density at radius 3 is 1.92 bits per heavy atom. The highest BCUT2D eigenvalue weighted by Crippen LogP contribution is 2.50. The minimum absolute atomic E-state index is 0.0186. The van der Waals surface area contributed by atoms with E-state index in [0.717, 1.165) is 97.6 Å². The number of hydrogen-bond acceptors (Lipinski definition) is 7. The zero-order chi connectivity index (χ0) is 36.2. The number of para-hydroxylation sites is 1. The molecule has 53 heavy (non-hydrogen) atoms. The first-order valence-electron chi connectivity index (χ1n) is 18.9. The summed E-state index contributed by atoms with van der Waals surface area (Å²) in [5.41, 5.74) is 14.7. The molecule has 5 aromatic carbocycles. The van der Waals surface area contributed by atoms with E-state index in [0.29, 0.717) is 26.4 Å². The van der Waals surface area contributed by atoms with Crippen molar-refractivity contribution < 1.29 is 23.4 Å². The second-order valence-electron chi connectivity index (χ2n) is 15.9. The summed E-state index contributed by atoms with van der Waals surface area (Å²) >= 11 is 0. The molecular weight excluding hydrogens is 659 g/mol. The average molecular weight is 703 g/mol. The van der Waals surface area contributed by atoms with E-state index in [2.05, 4.69) is 124 Å². The maximum atomic E-state index is 7.02. The number of hydrogen-bond donors (Lipinski definition) is 0. The predicted octanol–water partition coefficient (Wildman–Crippen LogP) is 9.06. The number of benzene rings is 5. The molecule has 0 aliphatic carbocycles. The second kappa shape index (κ2) is 11.8. The molecule has 0 bridgehead atoms. The number of ether oxygens (including phenoxy) is 4. The normalized spacial score (nSPS) is 15.8. The standard InChI is InChI=1S/C45H43BN2O5/c1-26-19-34-42-35(20-26)48(43-27(2)21-29(22-28(43)3)45(4,5)6)44-41(31-11-7-8-12-36(31)53-44)46(42)32-24-39-40(52-18-10-17-51-39)25-33(32)47(34)30-13-14-37-38(23-30)50-16-9-15-49-37/h7-8,11-14,19-25H,9-10,15-18H2,1-6H3. The van der Waals surface area contributed by atoms with E-state index < -0.39 is 0 Å². The van der Waals surface area contributed by atoms with Crippen LogP contribution in [-0.2, 0) is 5.41 Å². The number of aryl methyl sites for hydroxylation is 3. The minimum Gasteiger partial charge on any atom is -0.490 e. The van der Waals surface area contributed by atoms with E-state index in [1.807, 2.05) is 6.07 Å². The summed E-state index contributed by atoms with van der Waals surface area (Å²) in [6.45, 7) is 15.8. The summed E-state index contributed by atoms with van der Waals surface area (Å²) in [7, 11) is 0. The Hall–Kier alpha value is -5.50. The molecule has 0 radical (unpaired) electrons. The largest absolute Gasteiger partial charge is 0.490 e. The van der Waals surface area contributed by atoms with Gasteiger partial charge in [0.05, 0.1) is 37.8 Å². The first kappa shape index (κ1) is 32.2. The molecule has 0 atom stereocenters. The molecule has 1 aromatic heterocycles. The molecule has 8 heteroatoms. The van der Waals surface area contributed by atoms with Gasteiger partial charge in [0, 0.05) is 52.9 Å². The highest BCUT2D eigenvalue weighted by molar-refractivity contribution is 7.01. The third kappa shape index (κ3) is 4.94. The van der Waals surface area contributed by atoms with Gasteiger partial charge in [-0.15, -0.1) is 0 Å². The van der Waals surface area contributed by atoms with E-state index in [1.54, 1.807) is 0 Å². The van der Waals surface area contributed by atoms with Crippen LogP contribution < -0.4 is 45.1 Å². The van der Waals surface area contributed by atoms with Gasteiger partial charge >= 0.3 is 0 Å². The molecule has 266 valence electrons. The van der Waals surface area contributed by atoms with Crippen molar-refractivity contribution in [3.05, 3.63) is 101 Å². The van der Waals surface area contributed by atoms with Crippen LogP contribution in [0.2, 0.25) is 0 Å². The number of rotatable bonds is 2. The van der Waals surface area contributed by atoms with Crippen molar-refractivity contribution in [3.8, 4) is 23.0 Å². The van der Waals surface area contributed by atoms with Crippen molar-refractivity contribution in [1.82, 2.24) is 0 Å². The molecule has 7 nitrogen and oxygen atoms in total. The summed E-state index contributed by atoms with van der Waals surface area (Å²) in [6, 6.07) is 28.6.